The van der Waals surface area contributed by atoms with E-state index in [9.17, 15) is 22.8 Å². The van der Waals surface area contributed by atoms with Crippen LogP contribution in [0.2, 0.25) is 0 Å². The van der Waals surface area contributed by atoms with Crippen LogP contribution in [0, 0.1) is 77.4 Å². The van der Waals surface area contributed by atoms with Gasteiger partial charge in [0.1, 0.15) is 11.6 Å². The summed E-state index contributed by atoms with van der Waals surface area (Å²) in [4.78, 5) is 57.5. The van der Waals surface area contributed by atoms with Crippen molar-refractivity contribution in [1.82, 2.24) is 54.4 Å². The fourth-order valence-corrected chi connectivity index (χ4v) is 16.1. The van der Waals surface area contributed by atoms with Crippen LogP contribution in [-0.2, 0) is 123 Å². The van der Waals surface area contributed by atoms with Crippen LogP contribution in [0.25, 0.3) is 90.0 Å². The van der Waals surface area contributed by atoms with Crippen molar-refractivity contribution in [3.8, 4) is 90.0 Å². The number of hydrogen-bond acceptors (Lipinski definition) is 11. The molecule has 0 radical (unpaired) electrons. The molecule has 706 valence electrons. The maximum absolute atomic E-state index is 16.0. The number of benzene rings is 8. The van der Waals surface area contributed by atoms with Crippen molar-refractivity contribution in [3.63, 3.8) is 0 Å². The molecule has 17 aromatic rings. The van der Waals surface area contributed by atoms with E-state index < -0.39 is 96.4 Å². The van der Waals surface area contributed by atoms with Gasteiger partial charge >= 0.3 is 69.4 Å². The second-order valence-electron chi connectivity index (χ2n) is 36.6. The molecule has 0 spiro atoms. The van der Waals surface area contributed by atoms with Gasteiger partial charge in [0.25, 0.3) is 0 Å². The Labute approximate surface area is 853 Å². The van der Waals surface area contributed by atoms with Crippen molar-refractivity contribution >= 4 is 11.6 Å². The molecule has 26 heteroatoms. The van der Waals surface area contributed by atoms with Crippen LogP contribution in [0.3, 0.4) is 0 Å². The molecule has 0 aliphatic carbocycles. The van der Waals surface area contributed by atoms with E-state index >= 15 is 26.3 Å². The molecular formula is C112H87F9N11O2Pt4-. The molecule has 8 aromatic carbocycles. The van der Waals surface area contributed by atoms with Crippen LogP contribution in [0.5, 0.6) is 0 Å². The molecule has 11 heterocycles. The maximum Gasteiger partial charge on any atom is 2.00 e. The topological polar surface area (TPSA) is 160 Å². The van der Waals surface area contributed by atoms with E-state index in [1.165, 1.54) is 86.8 Å². The zero-order valence-corrected chi connectivity index (χ0v) is 86.0. The van der Waals surface area contributed by atoms with Gasteiger partial charge in [0, 0.05) is 130 Å². The van der Waals surface area contributed by atoms with Crippen LogP contribution in [0.15, 0.2) is 274 Å². The summed E-state index contributed by atoms with van der Waals surface area (Å²) in [6.45, 7) is 27.6. The molecule has 0 amide bonds. The molecule has 0 saturated heterocycles. The molecule has 0 atom stereocenters. The van der Waals surface area contributed by atoms with E-state index in [1.807, 2.05) is 138 Å². The Balaban J connectivity index is 0.000000164. The fraction of sp³-hybridized carbons (Fsp3) is 0.188. The van der Waals surface area contributed by atoms with Crippen molar-refractivity contribution in [1.29, 1.82) is 0 Å². The summed E-state index contributed by atoms with van der Waals surface area (Å²) >= 11 is 0. The van der Waals surface area contributed by atoms with Crippen LogP contribution >= 0.6 is 0 Å². The number of nitrogens with zero attached hydrogens (tertiary/aromatic N) is 11. The molecule has 2 aliphatic heterocycles. The average Bonchev–Trinajstić information content (AvgIpc) is 1.73. The molecule has 9 aromatic heterocycles. The van der Waals surface area contributed by atoms with Crippen molar-refractivity contribution in [3.05, 3.63) is 435 Å². The molecule has 0 fully saturated rings. The van der Waals surface area contributed by atoms with E-state index in [0.717, 1.165) is 62.0 Å². The summed E-state index contributed by atoms with van der Waals surface area (Å²) in [5.41, 5.74) is 6.20. The van der Waals surface area contributed by atoms with E-state index in [1.54, 1.807) is 70.0 Å². The third-order valence-electron chi connectivity index (χ3n) is 23.9. The number of pyridine rings is 7. The monoisotopic (exact) mass is 2570 g/mol. The summed E-state index contributed by atoms with van der Waals surface area (Å²) < 4.78 is 137. The Hall–Kier alpha value is -12.3. The van der Waals surface area contributed by atoms with Gasteiger partial charge in [-0.15, -0.1) is 48.5 Å². The first kappa shape index (κ1) is 105. The van der Waals surface area contributed by atoms with Crippen molar-refractivity contribution in [2.24, 2.45) is 0 Å². The number of alkyl halides is 3. The van der Waals surface area contributed by atoms with Crippen LogP contribution in [0.1, 0.15) is 191 Å². The number of hydrogen-bond donors (Lipinski definition) is 0. The van der Waals surface area contributed by atoms with Gasteiger partial charge in [-0.2, -0.15) is 94.7 Å². The number of carbonyl (C=O) groups excluding carboxylic acids is 2. The average molecular weight is 2570 g/mol. The predicted molar refractivity (Wildman–Crippen MR) is 498 cm³/mol. The fourth-order valence-electron chi connectivity index (χ4n) is 16.1. The summed E-state index contributed by atoms with van der Waals surface area (Å²) in [5, 5.41) is 8.75. The second-order valence-corrected chi connectivity index (χ2v) is 36.6. The molecule has 13 nitrogen and oxygen atoms in total. The van der Waals surface area contributed by atoms with E-state index in [2.05, 4.69) is 175 Å². The van der Waals surface area contributed by atoms with E-state index in [-0.39, 0.29) is 157 Å². The SMILES string of the molecule is CC(C)(C)c1c(F)c(-n2cccn2)[c-]c(-n2ccc(C(C)(C)c3[c-]cccc3)n2)c1F.CC(C)(C)c1c(F)c2[c-]c(c1F)-c1cccc(n1)C(C)(C)c1[c-]c(ccc1)C(C)(C)c1cccc-2n1.CC(C)(c1ccc(-c2ccccc2)cc1)c1cccc(-c2[c-]c(-c3ccccn3)cnc2)n1.O=C1c2[c-]c(ccc2)C(=O)c2cccc(n2)-c2[c-]c(c(F)c(C(F)(F)F)c2F)-c2cccc1n2.[Pt+2].[Pt+2].[Pt+2].[Pt]. The van der Waals surface area contributed by atoms with Gasteiger partial charge in [0.05, 0.1) is 45.9 Å². The van der Waals surface area contributed by atoms with E-state index in [0.29, 0.717) is 11.4 Å². The molecule has 0 unspecified atom stereocenters. The summed E-state index contributed by atoms with van der Waals surface area (Å²) in [6.07, 6.45) is 4.79. The van der Waals surface area contributed by atoms with E-state index in [4.69, 9.17) is 15.0 Å². The minimum absolute atomic E-state index is 0. The van der Waals surface area contributed by atoms with Crippen molar-refractivity contribution in [2.45, 2.75) is 136 Å². The molecule has 16 bridgehead atoms. The zero-order valence-electron chi connectivity index (χ0n) is 76.9. The molecule has 138 heavy (non-hydrogen) atoms. The van der Waals surface area contributed by atoms with Crippen LogP contribution < -0.4 is 0 Å². The normalized spacial score (nSPS) is 12.8. The van der Waals surface area contributed by atoms with Crippen molar-refractivity contribution in [2.75, 3.05) is 0 Å². The largest absolute Gasteiger partial charge is 2.00 e. The van der Waals surface area contributed by atoms with Gasteiger partial charge in [0.2, 0.25) is 0 Å². The molecule has 19 rings (SSSR count). The predicted octanol–water partition coefficient (Wildman–Crippen LogP) is 26.0. The number of fused-ring (bicyclic) bond motifs is 20. The molecule has 2 aliphatic rings. The maximum atomic E-state index is 16.0. The Bertz CT molecular complexity index is 7130. The summed E-state index contributed by atoms with van der Waals surface area (Å²) in [6, 6.07) is 92.5. The molecular weight excluding hydrogens is 2480 g/mol. The third kappa shape index (κ3) is 21.3. The number of carbonyl (C=O) groups is 2. The zero-order chi connectivity index (χ0) is 95.3. The van der Waals surface area contributed by atoms with Crippen LogP contribution in [-0.4, -0.2) is 66.0 Å². The van der Waals surface area contributed by atoms with Gasteiger partial charge in [-0.1, -0.05) is 274 Å². The van der Waals surface area contributed by atoms with Gasteiger partial charge in [-0.25, -0.2) is 0 Å². The molecule has 0 N–H and O–H groups in total. The van der Waals surface area contributed by atoms with Crippen molar-refractivity contribution < 1.29 is 133 Å². The summed E-state index contributed by atoms with van der Waals surface area (Å²) in [5.74, 6) is -7.89. The Kier molecular flexibility index (Phi) is 31.7. The van der Waals surface area contributed by atoms with Crippen LogP contribution in [0.4, 0.5) is 39.5 Å². The first-order chi connectivity index (χ1) is 63.7. The smallest absolute Gasteiger partial charge is 0.341 e. The Morgan fingerprint density at radius 2 is 0.790 bits per heavy atom. The minimum atomic E-state index is -5.40. The minimum Gasteiger partial charge on any atom is -0.341 e. The van der Waals surface area contributed by atoms with Gasteiger partial charge in [-0.3, -0.25) is 65.6 Å². The third-order valence-corrected chi connectivity index (χ3v) is 23.9. The number of ketones is 2. The second kappa shape index (κ2) is 41.8. The molecule has 0 saturated carbocycles. The number of aromatic nitrogens is 11. The van der Waals surface area contributed by atoms with Gasteiger partial charge < -0.3 is 14.6 Å². The standard InChI is InChI=1S/C32H30F2N2.C30H24N3.C25H9F5N2O2.C25H24F2N4.4Pt/c1-30(2,3)27-28(33)21-18-22(29(27)34)24-14-10-16-26(36-24)32(6,7)20-12-8-11-19(17-20)31(4,5)25-15-9-13-23(21)35-25;1-30(2,26-16-14-23(15-17-26)22-9-4-3-5-10-22)29-13-8-12-28(33-29)25-19-24(20-31-21-25)27-11-6-7-18-32-27;26-21-14-11-15(22(27)20(21)25(28,29)30)17-7-3-9-19(32-17)24(34)13-5-1-4-12(10-13)23(33)18-8-2-6-16(14)31-18;1-24(2,3)21-22(26)18(30-14-9-13-28-30)16-19(23(21)27)31-15-12-20(29-31)25(4,5)17-10-7-6-8-11-17;;;;/h8-16H,1-7H3;3-18,20-21H,1-2H3;1-9H;6-10,12-15H,1-5H3;;;;/q-2;-1;2*-2;;3*+2. The summed E-state index contributed by atoms with van der Waals surface area (Å²) in [7, 11) is 0. The number of rotatable bonds is 9. The van der Waals surface area contributed by atoms with Gasteiger partial charge in [0.15, 0.2) is 0 Å². The quantitative estimate of drug-likeness (QED) is 0.0999. The Morgan fingerprint density at radius 3 is 1.29 bits per heavy atom. The van der Waals surface area contributed by atoms with Gasteiger partial charge in [-0.05, 0) is 105 Å². The first-order valence-corrected chi connectivity index (χ1v) is 43.1. The number of halogens is 9. The Morgan fingerprint density at radius 1 is 0.348 bits per heavy atom. The first-order valence-electron chi connectivity index (χ1n) is 43.1.